The third-order valence-electron chi connectivity index (χ3n) is 2.11. The lowest BCUT2D eigenvalue weighted by Crippen LogP contribution is -1.86. The smallest absolute Gasteiger partial charge is 0.230 e. The Morgan fingerprint density at radius 2 is 2.07 bits per heavy atom. The van der Waals surface area contributed by atoms with Crippen LogP contribution >= 0.6 is 11.3 Å². The Morgan fingerprint density at radius 1 is 1.21 bits per heavy atom. The molecule has 0 amide bonds. The molecule has 14 heavy (non-hydrogen) atoms. The number of nitrogens with zero attached hydrogens (tertiary/aromatic N) is 1. The second-order valence-corrected chi connectivity index (χ2v) is 3.89. The van der Waals surface area contributed by atoms with Gasteiger partial charge in [0.1, 0.15) is 5.75 Å². The standard InChI is InChI=1S/C11H11NOS/c1-8-3-4-10(5-9(8)2)13-11-6-14-7-12-11/h3-7H,1-2H3. The van der Waals surface area contributed by atoms with E-state index in [4.69, 9.17) is 4.74 Å². The molecule has 3 heteroatoms. The molecule has 0 saturated heterocycles. The fourth-order valence-electron chi connectivity index (χ4n) is 1.15. The summed E-state index contributed by atoms with van der Waals surface area (Å²) in [5.74, 6) is 1.51. The molecule has 1 heterocycles. The average Bonchev–Trinajstić information content (AvgIpc) is 2.64. The molecule has 0 fully saturated rings. The minimum atomic E-state index is 0.665. The molecular weight excluding hydrogens is 194 g/mol. The van der Waals surface area contributed by atoms with Gasteiger partial charge in [-0.1, -0.05) is 6.07 Å². The largest absolute Gasteiger partial charge is 0.438 e. The number of hydrogen-bond donors (Lipinski definition) is 0. The van der Waals surface area contributed by atoms with Gasteiger partial charge in [0.2, 0.25) is 5.88 Å². The number of thiazole rings is 1. The summed E-state index contributed by atoms with van der Waals surface area (Å²) in [6, 6.07) is 6.04. The van der Waals surface area contributed by atoms with Crippen LogP contribution in [0.4, 0.5) is 0 Å². The minimum Gasteiger partial charge on any atom is -0.438 e. The lowest BCUT2D eigenvalue weighted by molar-refractivity contribution is 0.466. The van der Waals surface area contributed by atoms with E-state index in [9.17, 15) is 0 Å². The van der Waals surface area contributed by atoms with Gasteiger partial charge in [0.25, 0.3) is 0 Å². The SMILES string of the molecule is Cc1ccc(Oc2cscn2)cc1C. The van der Waals surface area contributed by atoms with Crippen LogP contribution in [0.25, 0.3) is 0 Å². The van der Waals surface area contributed by atoms with Gasteiger partial charge in [-0.15, -0.1) is 11.3 Å². The summed E-state index contributed by atoms with van der Waals surface area (Å²) in [7, 11) is 0. The predicted octanol–water partition coefficient (Wildman–Crippen LogP) is 3.55. The molecule has 0 atom stereocenters. The van der Waals surface area contributed by atoms with Gasteiger partial charge in [0.05, 0.1) is 10.9 Å². The third kappa shape index (κ3) is 1.93. The van der Waals surface area contributed by atoms with E-state index in [0.29, 0.717) is 5.88 Å². The van der Waals surface area contributed by atoms with Crippen molar-refractivity contribution in [3.8, 4) is 11.6 Å². The zero-order valence-corrected chi connectivity index (χ0v) is 8.97. The molecule has 2 aromatic rings. The summed E-state index contributed by atoms with van der Waals surface area (Å²) in [6.45, 7) is 4.16. The van der Waals surface area contributed by atoms with Gasteiger partial charge in [-0.05, 0) is 37.1 Å². The van der Waals surface area contributed by atoms with E-state index in [1.807, 2.05) is 17.5 Å². The summed E-state index contributed by atoms with van der Waals surface area (Å²) >= 11 is 1.53. The van der Waals surface area contributed by atoms with E-state index in [1.54, 1.807) is 5.51 Å². The normalized spacial score (nSPS) is 10.1. The van der Waals surface area contributed by atoms with Crippen LogP contribution in [-0.2, 0) is 0 Å². The van der Waals surface area contributed by atoms with Crippen molar-refractivity contribution in [2.24, 2.45) is 0 Å². The molecule has 2 rings (SSSR count). The Hall–Kier alpha value is -1.35. The summed E-state index contributed by atoms with van der Waals surface area (Å²) < 4.78 is 5.55. The van der Waals surface area contributed by atoms with Crippen LogP contribution in [0, 0.1) is 13.8 Å². The molecule has 2 nitrogen and oxygen atoms in total. The van der Waals surface area contributed by atoms with Gasteiger partial charge in [-0.3, -0.25) is 0 Å². The second-order valence-electron chi connectivity index (χ2n) is 3.17. The summed E-state index contributed by atoms with van der Waals surface area (Å²) in [5.41, 5.74) is 4.27. The molecule has 0 aliphatic heterocycles. The van der Waals surface area contributed by atoms with Crippen LogP contribution < -0.4 is 4.74 Å². The first-order chi connectivity index (χ1) is 6.75. The molecule has 0 spiro atoms. The van der Waals surface area contributed by atoms with Crippen molar-refractivity contribution in [1.82, 2.24) is 4.98 Å². The topological polar surface area (TPSA) is 22.1 Å². The summed E-state index contributed by atoms with van der Waals surface area (Å²) in [6.07, 6.45) is 0. The Kier molecular flexibility index (Phi) is 2.50. The van der Waals surface area contributed by atoms with Crippen molar-refractivity contribution < 1.29 is 4.74 Å². The number of aryl methyl sites for hydroxylation is 2. The number of aromatic nitrogens is 1. The molecule has 0 bridgehead atoms. The Morgan fingerprint density at radius 3 is 2.71 bits per heavy atom. The number of ether oxygens (including phenoxy) is 1. The van der Waals surface area contributed by atoms with E-state index in [-0.39, 0.29) is 0 Å². The van der Waals surface area contributed by atoms with Gasteiger partial charge in [0, 0.05) is 0 Å². The van der Waals surface area contributed by atoms with E-state index < -0.39 is 0 Å². The molecule has 0 radical (unpaired) electrons. The van der Waals surface area contributed by atoms with Crippen LogP contribution in [0.15, 0.2) is 29.1 Å². The maximum atomic E-state index is 5.55. The van der Waals surface area contributed by atoms with Gasteiger partial charge < -0.3 is 4.74 Å². The second kappa shape index (κ2) is 3.80. The van der Waals surface area contributed by atoms with Crippen LogP contribution in [0.3, 0.4) is 0 Å². The van der Waals surface area contributed by atoms with Crippen molar-refractivity contribution in [3.63, 3.8) is 0 Å². The fourth-order valence-corrected chi connectivity index (χ4v) is 1.60. The molecule has 0 aliphatic rings. The van der Waals surface area contributed by atoms with Gasteiger partial charge in [-0.2, -0.15) is 0 Å². The van der Waals surface area contributed by atoms with Crippen molar-refractivity contribution in [3.05, 3.63) is 40.2 Å². The molecule has 1 aromatic heterocycles. The lowest BCUT2D eigenvalue weighted by atomic mass is 10.1. The molecule has 0 aliphatic carbocycles. The van der Waals surface area contributed by atoms with E-state index >= 15 is 0 Å². The molecule has 72 valence electrons. The average molecular weight is 205 g/mol. The van der Waals surface area contributed by atoms with Crippen LogP contribution in [0.5, 0.6) is 11.6 Å². The van der Waals surface area contributed by atoms with Crippen molar-refractivity contribution >= 4 is 11.3 Å². The highest BCUT2D eigenvalue weighted by atomic mass is 32.1. The van der Waals surface area contributed by atoms with Crippen LogP contribution in [-0.4, -0.2) is 4.98 Å². The van der Waals surface area contributed by atoms with Gasteiger partial charge in [0.15, 0.2) is 0 Å². The van der Waals surface area contributed by atoms with Crippen molar-refractivity contribution in [1.29, 1.82) is 0 Å². The van der Waals surface area contributed by atoms with Crippen molar-refractivity contribution in [2.45, 2.75) is 13.8 Å². The molecular formula is C11H11NOS. The Bertz CT molecular complexity index is 423. The minimum absolute atomic E-state index is 0.665. The van der Waals surface area contributed by atoms with Gasteiger partial charge >= 0.3 is 0 Å². The molecule has 0 N–H and O–H groups in total. The monoisotopic (exact) mass is 205 g/mol. The quantitative estimate of drug-likeness (QED) is 0.748. The molecule has 0 unspecified atom stereocenters. The fraction of sp³-hybridized carbons (Fsp3) is 0.182. The zero-order chi connectivity index (χ0) is 9.97. The number of rotatable bonds is 2. The first kappa shape index (κ1) is 9.21. The maximum absolute atomic E-state index is 5.55. The number of benzene rings is 1. The summed E-state index contributed by atoms with van der Waals surface area (Å²) in [5, 5.41) is 1.88. The highest BCUT2D eigenvalue weighted by Gasteiger charge is 2.00. The third-order valence-corrected chi connectivity index (χ3v) is 2.68. The van der Waals surface area contributed by atoms with Crippen LogP contribution in [0.2, 0.25) is 0 Å². The summed E-state index contributed by atoms with van der Waals surface area (Å²) in [4.78, 5) is 4.06. The molecule has 1 aromatic carbocycles. The first-order valence-corrected chi connectivity index (χ1v) is 5.33. The van der Waals surface area contributed by atoms with E-state index in [0.717, 1.165) is 5.75 Å². The molecule has 0 saturated carbocycles. The van der Waals surface area contributed by atoms with E-state index in [2.05, 4.69) is 24.9 Å². The Balaban J connectivity index is 2.22. The van der Waals surface area contributed by atoms with Gasteiger partial charge in [-0.25, -0.2) is 4.98 Å². The van der Waals surface area contributed by atoms with E-state index in [1.165, 1.54) is 22.5 Å². The highest BCUT2D eigenvalue weighted by Crippen LogP contribution is 2.22. The predicted molar refractivity (Wildman–Crippen MR) is 58.1 cm³/mol. The lowest BCUT2D eigenvalue weighted by Gasteiger charge is -2.04. The highest BCUT2D eigenvalue weighted by molar-refractivity contribution is 7.07. The maximum Gasteiger partial charge on any atom is 0.230 e. The zero-order valence-electron chi connectivity index (χ0n) is 8.15. The Labute approximate surface area is 87.2 Å². The van der Waals surface area contributed by atoms with Crippen LogP contribution in [0.1, 0.15) is 11.1 Å². The first-order valence-electron chi connectivity index (χ1n) is 4.39. The van der Waals surface area contributed by atoms with Crippen molar-refractivity contribution in [2.75, 3.05) is 0 Å². The number of hydrogen-bond acceptors (Lipinski definition) is 3.